The Kier molecular flexibility index (Phi) is 4.99. The molecule has 1 aliphatic heterocycles. The summed E-state index contributed by atoms with van der Waals surface area (Å²) in [5.41, 5.74) is 1.63. The second-order valence-electron chi connectivity index (χ2n) is 6.83. The highest BCUT2D eigenvalue weighted by molar-refractivity contribution is 7.12. The largest absolute Gasteiger partial charge is 0.308 e. The maximum absolute atomic E-state index is 3.77. The first-order valence-electron chi connectivity index (χ1n) is 8.37. The predicted octanol–water partition coefficient (Wildman–Crippen LogP) is 2.52. The van der Waals surface area contributed by atoms with Gasteiger partial charge in [0.1, 0.15) is 0 Å². The van der Waals surface area contributed by atoms with Crippen molar-refractivity contribution in [2.45, 2.75) is 44.7 Å². The Hall–Kier alpha value is -0.420. The molecule has 21 heavy (non-hydrogen) atoms. The van der Waals surface area contributed by atoms with Gasteiger partial charge in [-0.15, -0.1) is 11.3 Å². The molecule has 2 heterocycles. The number of aryl methyl sites for hydroxylation is 2. The van der Waals surface area contributed by atoms with Crippen molar-refractivity contribution in [1.82, 2.24) is 15.1 Å². The monoisotopic (exact) mass is 307 g/mol. The molecule has 2 unspecified atom stereocenters. The number of nitrogens with one attached hydrogen (secondary N) is 1. The predicted molar refractivity (Wildman–Crippen MR) is 91.3 cm³/mol. The minimum absolute atomic E-state index is 0.487. The van der Waals surface area contributed by atoms with Crippen LogP contribution in [0.4, 0.5) is 0 Å². The van der Waals surface area contributed by atoms with Crippen LogP contribution in [-0.4, -0.2) is 56.1 Å². The van der Waals surface area contributed by atoms with Gasteiger partial charge in [-0.1, -0.05) is 0 Å². The van der Waals surface area contributed by atoms with E-state index in [1.165, 1.54) is 50.2 Å². The van der Waals surface area contributed by atoms with Crippen LogP contribution in [-0.2, 0) is 12.8 Å². The third kappa shape index (κ3) is 3.67. The number of piperazine rings is 1. The smallest absolute Gasteiger partial charge is 0.0386 e. The third-order valence-corrected chi connectivity index (χ3v) is 6.50. The maximum Gasteiger partial charge on any atom is 0.0386 e. The van der Waals surface area contributed by atoms with Gasteiger partial charge < -0.3 is 10.2 Å². The Bertz CT molecular complexity index is 447. The molecular weight excluding hydrogens is 278 g/mol. The van der Waals surface area contributed by atoms with E-state index in [1.807, 2.05) is 11.3 Å². The molecule has 0 radical (unpaired) electrons. The molecule has 3 rings (SSSR count). The topological polar surface area (TPSA) is 18.5 Å². The summed E-state index contributed by atoms with van der Waals surface area (Å²) < 4.78 is 0. The second kappa shape index (κ2) is 6.78. The maximum atomic E-state index is 3.77. The average Bonchev–Trinajstić information content (AvgIpc) is 2.92. The van der Waals surface area contributed by atoms with Gasteiger partial charge in [-0.05, 0) is 58.3 Å². The van der Waals surface area contributed by atoms with E-state index < -0.39 is 0 Å². The minimum Gasteiger partial charge on any atom is -0.308 e. The SMILES string of the molecule is CC(NCC1CN(C)CCN1C)c1cc2c(s1)CCCC2. The Balaban J connectivity index is 1.56. The zero-order chi connectivity index (χ0) is 14.8. The molecule has 1 saturated heterocycles. The summed E-state index contributed by atoms with van der Waals surface area (Å²) in [5, 5.41) is 3.77. The van der Waals surface area contributed by atoms with Gasteiger partial charge in [-0.3, -0.25) is 4.90 Å². The van der Waals surface area contributed by atoms with Gasteiger partial charge >= 0.3 is 0 Å². The first-order chi connectivity index (χ1) is 10.1. The summed E-state index contributed by atoms with van der Waals surface area (Å²) in [7, 11) is 4.49. The molecule has 3 nitrogen and oxygen atoms in total. The third-order valence-electron chi connectivity index (χ3n) is 5.08. The van der Waals surface area contributed by atoms with Gasteiger partial charge in [0.15, 0.2) is 0 Å². The van der Waals surface area contributed by atoms with Gasteiger partial charge in [-0.2, -0.15) is 0 Å². The van der Waals surface area contributed by atoms with Crippen LogP contribution < -0.4 is 5.32 Å². The normalized spacial score (nSPS) is 25.8. The van der Waals surface area contributed by atoms with Gasteiger partial charge in [0, 0.05) is 48.0 Å². The Labute approximate surface area is 133 Å². The lowest BCUT2D eigenvalue weighted by Gasteiger charge is -2.38. The van der Waals surface area contributed by atoms with Crippen molar-refractivity contribution < 1.29 is 0 Å². The first-order valence-corrected chi connectivity index (χ1v) is 9.19. The number of likely N-dealkylation sites (N-methyl/N-ethyl adjacent to an activating group) is 2. The Morgan fingerprint density at radius 3 is 2.90 bits per heavy atom. The highest BCUT2D eigenvalue weighted by atomic mass is 32.1. The number of nitrogens with zero attached hydrogens (tertiary/aromatic N) is 2. The van der Waals surface area contributed by atoms with Crippen LogP contribution in [0.25, 0.3) is 0 Å². The summed E-state index contributed by atoms with van der Waals surface area (Å²) in [6.45, 7) is 6.97. The van der Waals surface area contributed by atoms with E-state index in [2.05, 4.69) is 42.2 Å². The molecule has 0 bridgehead atoms. The van der Waals surface area contributed by atoms with Crippen molar-refractivity contribution in [3.63, 3.8) is 0 Å². The second-order valence-corrected chi connectivity index (χ2v) is 8.00. The molecule has 0 spiro atoms. The Morgan fingerprint density at radius 2 is 2.10 bits per heavy atom. The van der Waals surface area contributed by atoms with Gasteiger partial charge in [0.2, 0.25) is 0 Å². The summed E-state index contributed by atoms with van der Waals surface area (Å²) in [6, 6.07) is 3.59. The van der Waals surface area contributed by atoms with E-state index in [4.69, 9.17) is 0 Å². The zero-order valence-corrected chi connectivity index (χ0v) is 14.5. The average molecular weight is 308 g/mol. The van der Waals surface area contributed by atoms with Crippen molar-refractivity contribution in [2.75, 3.05) is 40.3 Å². The van der Waals surface area contributed by atoms with Crippen LogP contribution in [0.2, 0.25) is 0 Å². The number of fused-ring (bicyclic) bond motifs is 1. The van der Waals surface area contributed by atoms with Gasteiger partial charge in [0.25, 0.3) is 0 Å². The van der Waals surface area contributed by atoms with Crippen molar-refractivity contribution in [1.29, 1.82) is 0 Å². The first kappa shape index (κ1) is 15.5. The molecule has 1 aliphatic carbocycles. The fraction of sp³-hybridized carbons (Fsp3) is 0.765. The van der Waals surface area contributed by atoms with Crippen LogP contribution in [0.15, 0.2) is 6.07 Å². The standard InChI is InChI=1S/C17H29N3S/c1-13(17-10-14-6-4-5-7-16(14)21-17)18-11-15-12-19(2)8-9-20(15)3/h10,13,15,18H,4-9,11-12H2,1-3H3. The molecule has 4 heteroatoms. The van der Waals surface area contributed by atoms with Crippen LogP contribution in [0.1, 0.15) is 41.1 Å². The molecule has 0 amide bonds. The van der Waals surface area contributed by atoms with Crippen LogP contribution in [0.3, 0.4) is 0 Å². The fourth-order valence-electron chi connectivity index (χ4n) is 3.46. The molecule has 1 aromatic heterocycles. The van der Waals surface area contributed by atoms with E-state index in [9.17, 15) is 0 Å². The number of rotatable bonds is 4. The zero-order valence-electron chi connectivity index (χ0n) is 13.7. The summed E-state index contributed by atoms with van der Waals surface area (Å²) in [4.78, 5) is 8.13. The van der Waals surface area contributed by atoms with E-state index >= 15 is 0 Å². The lowest BCUT2D eigenvalue weighted by molar-refractivity contribution is 0.112. The molecule has 2 aliphatic rings. The highest BCUT2D eigenvalue weighted by Crippen LogP contribution is 2.32. The van der Waals surface area contributed by atoms with Crippen molar-refractivity contribution in [2.24, 2.45) is 0 Å². The summed E-state index contributed by atoms with van der Waals surface area (Å²) >= 11 is 2.04. The van der Waals surface area contributed by atoms with Crippen molar-refractivity contribution >= 4 is 11.3 Å². The van der Waals surface area contributed by atoms with E-state index in [-0.39, 0.29) is 0 Å². The van der Waals surface area contributed by atoms with E-state index in [1.54, 1.807) is 10.4 Å². The highest BCUT2D eigenvalue weighted by Gasteiger charge is 2.23. The molecule has 1 N–H and O–H groups in total. The van der Waals surface area contributed by atoms with Crippen molar-refractivity contribution in [3.8, 4) is 0 Å². The molecule has 0 aromatic carbocycles. The molecular formula is C17H29N3S. The van der Waals surface area contributed by atoms with E-state index in [0.29, 0.717) is 12.1 Å². The quantitative estimate of drug-likeness (QED) is 0.922. The summed E-state index contributed by atoms with van der Waals surface area (Å²) in [6.07, 6.45) is 5.37. The number of thiophene rings is 1. The minimum atomic E-state index is 0.487. The van der Waals surface area contributed by atoms with Gasteiger partial charge in [-0.25, -0.2) is 0 Å². The lowest BCUT2D eigenvalue weighted by atomic mass is 9.99. The number of hydrogen-bond acceptors (Lipinski definition) is 4. The molecule has 0 saturated carbocycles. The van der Waals surface area contributed by atoms with Crippen molar-refractivity contribution in [3.05, 3.63) is 21.4 Å². The fourth-order valence-corrected chi connectivity index (χ4v) is 4.75. The summed E-state index contributed by atoms with van der Waals surface area (Å²) in [5.74, 6) is 0. The van der Waals surface area contributed by atoms with Crippen LogP contribution in [0, 0.1) is 0 Å². The molecule has 1 aromatic rings. The van der Waals surface area contributed by atoms with Crippen LogP contribution >= 0.6 is 11.3 Å². The Morgan fingerprint density at radius 1 is 1.29 bits per heavy atom. The molecule has 1 fully saturated rings. The van der Waals surface area contributed by atoms with Crippen LogP contribution in [0.5, 0.6) is 0 Å². The van der Waals surface area contributed by atoms with Gasteiger partial charge in [0.05, 0.1) is 0 Å². The lowest BCUT2D eigenvalue weighted by Crippen LogP contribution is -2.53. The molecule has 118 valence electrons. The van der Waals surface area contributed by atoms with E-state index in [0.717, 1.165) is 6.54 Å². The number of hydrogen-bond donors (Lipinski definition) is 1. The molecule has 2 atom stereocenters.